The molecule has 0 amide bonds. The highest BCUT2D eigenvalue weighted by molar-refractivity contribution is 5.82. The normalized spacial score (nSPS) is 20.7. The Morgan fingerprint density at radius 1 is 1.22 bits per heavy atom. The van der Waals surface area contributed by atoms with Crippen LogP contribution >= 0.6 is 0 Å². The first kappa shape index (κ1) is 18.5. The van der Waals surface area contributed by atoms with Crippen LogP contribution in [0.25, 0.3) is 0 Å². The summed E-state index contributed by atoms with van der Waals surface area (Å²) in [5, 5.41) is 0. The van der Waals surface area contributed by atoms with Gasteiger partial charge in [-0.1, -0.05) is 0 Å². The van der Waals surface area contributed by atoms with Gasteiger partial charge in [-0.3, -0.25) is 9.59 Å². The number of methoxy groups -OCH3 is 2. The molecule has 0 saturated heterocycles. The summed E-state index contributed by atoms with van der Waals surface area (Å²) >= 11 is 0. The molecule has 0 aromatic rings. The molecule has 8 heteroatoms. The van der Waals surface area contributed by atoms with Gasteiger partial charge in [0, 0.05) is 31.9 Å². The van der Waals surface area contributed by atoms with Crippen LogP contribution in [0.1, 0.15) is 20.3 Å². The number of allylic oxidation sites excluding steroid dienone is 1. The quantitative estimate of drug-likeness (QED) is 0.402. The van der Waals surface area contributed by atoms with Crippen LogP contribution in [-0.2, 0) is 38.1 Å². The molecule has 0 radical (unpaired) electrons. The molecule has 1 rings (SSSR count). The lowest BCUT2D eigenvalue weighted by Crippen LogP contribution is -2.40. The van der Waals surface area contributed by atoms with E-state index in [9.17, 15) is 14.4 Å². The molecule has 0 unspecified atom stereocenters. The molecule has 1 aliphatic heterocycles. The van der Waals surface area contributed by atoms with Gasteiger partial charge in [-0.25, -0.2) is 4.79 Å². The summed E-state index contributed by atoms with van der Waals surface area (Å²) in [6, 6.07) is 0. The van der Waals surface area contributed by atoms with Crippen molar-refractivity contribution in [3.63, 3.8) is 0 Å². The van der Waals surface area contributed by atoms with Crippen LogP contribution in [0.15, 0.2) is 23.7 Å². The zero-order chi connectivity index (χ0) is 17.4. The molecule has 0 saturated carbocycles. The van der Waals surface area contributed by atoms with E-state index in [4.69, 9.17) is 18.9 Å². The predicted molar refractivity (Wildman–Crippen MR) is 76.9 cm³/mol. The Hall–Kier alpha value is -2.51. The highest BCUT2D eigenvalue weighted by atomic mass is 16.7. The molecule has 0 fully saturated rings. The van der Waals surface area contributed by atoms with E-state index in [1.54, 1.807) is 0 Å². The molecule has 128 valence electrons. The van der Waals surface area contributed by atoms with Gasteiger partial charge in [0.05, 0.1) is 14.2 Å². The minimum Gasteiger partial charge on any atom is -0.469 e. The Morgan fingerprint density at radius 3 is 2.43 bits per heavy atom. The Morgan fingerprint density at radius 2 is 1.91 bits per heavy atom. The Bertz CT molecular complexity index is 520. The van der Waals surface area contributed by atoms with Crippen LogP contribution < -0.4 is 0 Å². The number of carbonyl (C=O) groups excluding carboxylic acids is 3. The van der Waals surface area contributed by atoms with E-state index in [0.717, 1.165) is 0 Å². The van der Waals surface area contributed by atoms with Crippen LogP contribution in [0, 0.1) is 0 Å². The maximum atomic E-state index is 11.2. The number of esters is 3. The number of hydrogen-bond donors (Lipinski definition) is 0. The van der Waals surface area contributed by atoms with Gasteiger partial charge in [0.25, 0.3) is 5.95 Å². The molecule has 8 nitrogen and oxygen atoms in total. The van der Waals surface area contributed by atoms with Crippen molar-refractivity contribution in [2.45, 2.75) is 32.5 Å². The highest BCUT2D eigenvalue weighted by Crippen LogP contribution is 2.28. The lowest BCUT2D eigenvalue weighted by molar-refractivity contribution is -0.166. The van der Waals surface area contributed by atoms with Crippen molar-refractivity contribution < 1.29 is 38.1 Å². The zero-order valence-corrected chi connectivity index (χ0v) is 13.5. The van der Waals surface area contributed by atoms with Crippen molar-refractivity contribution >= 4 is 17.9 Å². The first-order valence-corrected chi connectivity index (χ1v) is 6.87. The smallest absolute Gasteiger partial charge is 0.330 e. The summed E-state index contributed by atoms with van der Waals surface area (Å²) in [5.74, 6) is -1.36. The van der Waals surface area contributed by atoms with Crippen molar-refractivity contribution in [3.05, 3.63) is 23.7 Å². The van der Waals surface area contributed by atoms with Gasteiger partial charge in [0.2, 0.25) is 0 Å². The molecule has 0 bridgehead atoms. The minimum atomic E-state index is -0.701. The topological polar surface area (TPSA) is 97.4 Å². The molecular weight excluding hydrogens is 308 g/mol. The Balaban J connectivity index is 2.96. The lowest BCUT2D eigenvalue weighted by atomic mass is 10.0. The summed E-state index contributed by atoms with van der Waals surface area (Å²) in [6.45, 7) is 2.44. The third-order valence-corrected chi connectivity index (χ3v) is 2.93. The monoisotopic (exact) mass is 328 g/mol. The first-order chi connectivity index (χ1) is 10.9. The van der Waals surface area contributed by atoms with E-state index in [-0.39, 0.29) is 19.0 Å². The number of rotatable bonds is 6. The van der Waals surface area contributed by atoms with Crippen molar-refractivity contribution in [1.29, 1.82) is 0 Å². The van der Waals surface area contributed by atoms with Gasteiger partial charge < -0.3 is 23.7 Å². The van der Waals surface area contributed by atoms with E-state index < -0.39 is 30.1 Å². The maximum Gasteiger partial charge on any atom is 0.330 e. The maximum absolute atomic E-state index is 11.2. The van der Waals surface area contributed by atoms with Gasteiger partial charge in [0.15, 0.2) is 6.10 Å². The molecule has 1 aliphatic rings. The third kappa shape index (κ3) is 6.01. The van der Waals surface area contributed by atoms with Gasteiger partial charge in [0.1, 0.15) is 12.7 Å². The van der Waals surface area contributed by atoms with Gasteiger partial charge >= 0.3 is 17.9 Å². The van der Waals surface area contributed by atoms with E-state index >= 15 is 0 Å². The fourth-order valence-corrected chi connectivity index (χ4v) is 1.94. The standard InChI is InChI=1S/C15H20O8/c1-9(16)21-8-13-12(22-10(2)17)7-11(15(20-4)23-13)5-6-14(18)19-3/h5-6,12-13H,7-8H2,1-4H3/b6-5+/t12-,13+/m0/s1. The molecule has 23 heavy (non-hydrogen) atoms. The van der Waals surface area contributed by atoms with Crippen molar-refractivity contribution in [2.24, 2.45) is 0 Å². The van der Waals surface area contributed by atoms with Crippen molar-refractivity contribution in [3.8, 4) is 0 Å². The second-order valence-electron chi connectivity index (χ2n) is 4.68. The molecule has 0 spiro atoms. The summed E-state index contributed by atoms with van der Waals surface area (Å²) in [4.78, 5) is 33.4. The zero-order valence-electron chi connectivity index (χ0n) is 13.5. The Kier molecular flexibility index (Phi) is 7.11. The summed E-state index contributed by atoms with van der Waals surface area (Å²) in [6.07, 6.45) is 1.52. The largest absolute Gasteiger partial charge is 0.469 e. The van der Waals surface area contributed by atoms with Gasteiger partial charge in [-0.05, 0) is 6.08 Å². The number of ether oxygens (including phenoxy) is 5. The van der Waals surface area contributed by atoms with Crippen LogP contribution in [-0.4, -0.2) is 50.9 Å². The van der Waals surface area contributed by atoms with E-state index in [0.29, 0.717) is 5.57 Å². The molecule has 2 atom stereocenters. The average Bonchev–Trinajstić information content (AvgIpc) is 2.50. The van der Waals surface area contributed by atoms with Crippen LogP contribution in [0.4, 0.5) is 0 Å². The molecule has 0 aliphatic carbocycles. The highest BCUT2D eigenvalue weighted by Gasteiger charge is 2.35. The van der Waals surface area contributed by atoms with E-state index in [2.05, 4.69) is 4.74 Å². The second-order valence-corrected chi connectivity index (χ2v) is 4.68. The van der Waals surface area contributed by atoms with Crippen LogP contribution in [0.5, 0.6) is 0 Å². The first-order valence-electron chi connectivity index (χ1n) is 6.87. The van der Waals surface area contributed by atoms with E-state index in [1.807, 2.05) is 0 Å². The van der Waals surface area contributed by atoms with Gasteiger partial charge in [-0.2, -0.15) is 0 Å². The minimum absolute atomic E-state index is 0.0892. The van der Waals surface area contributed by atoms with Crippen molar-refractivity contribution in [1.82, 2.24) is 0 Å². The summed E-state index contributed by atoms with van der Waals surface area (Å²) in [5.41, 5.74) is 0.517. The molecule has 0 N–H and O–H groups in total. The van der Waals surface area contributed by atoms with Crippen LogP contribution in [0.3, 0.4) is 0 Å². The molecule has 1 heterocycles. The summed E-state index contributed by atoms with van der Waals surface area (Å²) < 4.78 is 25.3. The molecule has 0 aromatic carbocycles. The third-order valence-electron chi connectivity index (χ3n) is 2.93. The lowest BCUT2D eigenvalue weighted by Gasteiger charge is -2.32. The SMILES string of the molecule is COC(=O)/C=C/C1=C(OC)O[C@H](COC(C)=O)[C@@H](OC(C)=O)C1. The average molecular weight is 328 g/mol. The van der Waals surface area contributed by atoms with Crippen LogP contribution in [0.2, 0.25) is 0 Å². The number of carbonyl (C=O) groups is 3. The fourth-order valence-electron chi connectivity index (χ4n) is 1.94. The molecular formula is C15H20O8. The Labute approximate surface area is 134 Å². The van der Waals surface area contributed by atoms with Gasteiger partial charge in [-0.15, -0.1) is 0 Å². The fraction of sp³-hybridized carbons (Fsp3) is 0.533. The second kappa shape index (κ2) is 8.82. The number of hydrogen-bond acceptors (Lipinski definition) is 8. The van der Waals surface area contributed by atoms with E-state index in [1.165, 1.54) is 40.2 Å². The molecule has 0 aromatic heterocycles. The van der Waals surface area contributed by atoms with Crippen molar-refractivity contribution in [2.75, 3.05) is 20.8 Å². The summed E-state index contributed by atoms with van der Waals surface area (Å²) in [7, 11) is 2.66. The predicted octanol–water partition coefficient (Wildman–Crippen LogP) is 0.857.